The number of nitrogens with one attached hydrogen (secondary N) is 1. The minimum Gasteiger partial charge on any atom is -0.352 e. The van der Waals surface area contributed by atoms with Crippen LogP contribution >= 0.6 is 0 Å². The van der Waals surface area contributed by atoms with Crippen molar-refractivity contribution < 1.29 is 9.59 Å². The summed E-state index contributed by atoms with van der Waals surface area (Å²) < 4.78 is 0. The van der Waals surface area contributed by atoms with Crippen LogP contribution in [0.5, 0.6) is 0 Å². The van der Waals surface area contributed by atoms with Gasteiger partial charge in [0.2, 0.25) is 11.8 Å². The van der Waals surface area contributed by atoms with E-state index in [-0.39, 0.29) is 17.9 Å². The van der Waals surface area contributed by atoms with Crippen LogP contribution in [0.25, 0.3) is 0 Å². The summed E-state index contributed by atoms with van der Waals surface area (Å²) in [6.07, 6.45) is 1.36. The first-order valence-corrected chi connectivity index (χ1v) is 8.78. The van der Waals surface area contributed by atoms with Crippen molar-refractivity contribution in [1.82, 2.24) is 15.1 Å². The molecule has 0 spiro atoms. The normalized spacial score (nSPS) is 17.9. The van der Waals surface area contributed by atoms with E-state index in [0.29, 0.717) is 25.6 Å². The molecule has 0 saturated carbocycles. The summed E-state index contributed by atoms with van der Waals surface area (Å²) in [5.74, 6) is 0.0309. The van der Waals surface area contributed by atoms with Gasteiger partial charge in [0.05, 0.1) is 0 Å². The first-order valence-electron chi connectivity index (χ1n) is 8.78. The number of hydrogen-bond donors (Lipinski definition) is 1. The molecule has 0 radical (unpaired) electrons. The number of nitrogens with zero attached hydrogens (tertiary/aromatic N) is 2. The third kappa shape index (κ3) is 5.64. The Morgan fingerprint density at radius 2 is 2.00 bits per heavy atom. The topological polar surface area (TPSA) is 52.7 Å². The number of amides is 2. The minimum atomic E-state index is -0.00139. The van der Waals surface area contributed by atoms with Crippen LogP contribution in [0.3, 0.4) is 0 Å². The summed E-state index contributed by atoms with van der Waals surface area (Å²) >= 11 is 0. The standard InChI is InChI=1S/C19H29N3O2/c1-15(2)21-11-9-18(14-21)20-19(24)10-12-22(16(3)23)13-17-7-5-4-6-8-17/h4-8,15,18H,9-14H2,1-3H3,(H,20,24)/t18-/m0/s1. The molecule has 1 saturated heterocycles. The molecule has 5 heteroatoms. The van der Waals surface area contributed by atoms with E-state index in [1.807, 2.05) is 30.3 Å². The Morgan fingerprint density at radius 3 is 2.58 bits per heavy atom. The summed E-state index contributed by atoms with van der Waals surface area (Å²) in [5.41, 5.74) is 1.08. The Balaban J connectivity index is 1.77. The molecule has 1 fully saturated rings. The lowest BCUT2D eigenvalue weighted by Gasteiger charge is -2.22. The maximum absolute atomic E-state index is 12.2. The van der Waals surface area contributed by atoms with Gasteiger partial charge in [0.25, 0.3) is 0 Å². The third-order valence-corrected chi connectivity index (χ3v) is 4.59. The molecule has 1 N–H and O–H groups in total. The van der Waals surface area contributed by atoms with Crippen molar-refractivity contribution in [2.24, 2.45) is 0 Å². The Labute approximate surface area is 145 Å². The van der Waals surface area contributed by atoms with Crippen molar-refractivity contribution >= 4 is 11.8 Å². The summed E-state index contributed by atoms with van der Waals surface area (Å²) in [7, 11) is 0. The maximum atomic E-state index is 12.2. The molecular formula is C19H29N3O2. The van der Waals surface area contributed by atoms with E-state index in [1.54, 1.807) is 11.8 Å². The van der Waals surface area contributed by atoms with E-state index in [2.05, 4.69) is 24.1 Å². The zero-order valence-corrected chi connectivity index (χ0v) is 15.0. The van der Waals surface area contributed by atoms with Crippen molar-refractivity contribution in [3.05, 3.63) is 35.9 Å². The smallest absolute Gasteiger partial charge is 0.222 e. The van der Waals surface area contributed by atoms with Crippen LogP contribution in [0, 0.1) is 0 Å². The van der Waals surface area contributed by atoms with Crippen LogP contribution in [-0.2, 0) is 16.1 Å². The molecule has 1 aromatic carbocycles. The van der Waals surface area contributed by atoms with Crippen LogP contribution in [0.15, 0.2) is 30.3 Å². The average Bonchev–Trinajstić information content (AvgIpc) is 3.01. The number of rotatable bonds is 7. The molecule has 0 bridgehead atoms. The van der Waals surface area contributed by atoms with E-state index >= 15 is 0 Å². The Kier molecular flexibility index (Phi) is 6.79. The zero-order valence-electron chi connectivity index (χ0n) is 15.0. The number of likely N-dealkylation sites (tertiary alicyclic amines) is 1. The molecular weight excluding hydrogens is 302 g/mol. The fraction of sp³-hybridized carbons (Fsp3) is 0.579. The highest BCUT2D eigenvalue weighted by molar-refractivity contribution is 5.78. The number of carbonyl (C=O) groups excluding carboxylic acids is 2. The van der Waals surface area contributed by atoms with E-state index in [0.717, 1.165) is 25.1 Å². The lowest BCUT2D eigenvalue weighted by atomic mass is 10.2. The molecule has 5 nitrogen and oxygen atoms in total. The van der Waals surface area contributed by atoms with Crippen molar-refractivity contribution in [3.8, 4) is 0 Å². The Bertz CT molecular complexity index is 545. The summed E-state index contributed by atoms with van der Waals surface area (Å²) in [6, 6.07) is 10.6. The quantitative estimate of drug-likeness (QED) is 0.832. The molecule has 0 aliphatic carbocycles. The van der Waals surface area contributed by atoms with Gasteiger partial charge in [0.15, 0.2) is 0 Å². The Hall–Kier alpha value is -1.88. The van der Waals surface area contributed by atoms with Gasteiger partial charge in [-0.15, -0.1) is 0 Å². The highest BCUT2D eigenvalue weighted by Gasteiger charge is 2.25. The van der Waals surface area contributed by atoms with Gasteiger partial charge in [-0.1, -0.05) is 30.3 Å². The predicted octanol–water partition coefficient (Wildman–Crippen LogP) is 2.02. The fourth-order valence-corrected chi connectivity index (χ4v) is 3.06. The third-order valence-electron chi connectivity index (χ3n) is 4.59. The number of carbonyl (C=O) groups is 2. The van der Waals surface area contributed by atoms with E-state index in [9.17, 15) is 9.59 Å². The number of hydrogen-bond acceptors (Lipinski definition) is 3. The molecule has 1 aliphatic rings. The van der Waals surface area contributed by atoms with Gasteiger partial charge >= 0.3 is 0 Å². The first-order chi connectivity index (χ1) is 11.5. The van der Waals surface area contributed by atoms with Crippen molar-refractivity contribution in [2.45, 2.75) is 52.2 Å². The molecule has 2 rings (SSSR count). The molecule has 0 aromatic heterocycles. The molecule has 1 atom stereocenters. The zero-order chi connectivity index (χ0) is 17.5. The monoisotopic (exact) mass is 331 g/mol. The van der Waals surface area contributed by atoms with Gasteiger partial charge < -0.3 is 10.2 Å². The van der Waals surface area contributed by atoms with Gasteiger partial charge in [0, 0.05) is 51.6 Å². The molecule has 2 amide bonds. The van der Waals surface area contributed by atoms with Gasteiger partial charge in [-0.05, 0) is 25.8 Å². The molecule has 0 unspecified atom stereocenters. The van der Waals surface area contributed by atoms with Crippen molar-refractivity contribution in [2.75, 3.05) is 19.6 Å². The van der Waals surface area contributed by atoms with Gasteiger partial charge in [0.1, 0.15) is 0 Å². The summed E-state index contributed by atoms with van der Waals surface area (Å²) in [5, 5.41) is 3.10. The van der Waals surface area contributed by atoms with Gasteiger partial charge in [-0.3, -0.25) is 14.5 Å². The summed E-state index contributed by atoms with van der Waals surface area (Å²) in [6.45, 7) is 8.88. The fourth-order valence-electron chi connectivity index (χ4n) is 3.06. The van der Waals surface area contributed by atoms with E-state index in [4.69, 9.17) is 0 Å². The second-order valence-corrected chi connectivity index (χ2v) is 6.82. The van der Waals surface area contributed by atoms with Crippen LogP contribution in [0.4, 0.5) is 0 Å². The second-order valence-electron chi connectivity index (χ2n) is 6.82. The van der Waals surface area contributed by atoms with Crippen LogP contribution in [0.1, 0.15) is 39.2 Å². The molecule has 1 heterocycles. The largest absolute Gasteiger partial charge is 0.352 e. The van der Waals surface area contributed by atoms with Gasteiger partial charge in [-0.2, -0.15) is 0 Å². The van der Waals surface area contributed by atoms with E-state index in [1.165, 1.54) is 0 Å². The number of benzene rings is 1. The van der Waals surface area contributed by atoms with Crippen LogP contribution in [0.2, 0.25) is 0 Å². The molecule has 132 valence electrons. The summed E-state index contributed by atoms with van der Waals surface area (Å²) in [4.78, 5) is 28.1. The van der Waals surface area contributed by atoms with Gasteiger partial charge in [-0.25, -0.2) is 0 Å². The van der Waals surface area contributed by atoms with E-state index < -0.39 is 0 Å². The molecule has 24 heavy (non-hydrogen) atoms. The predicted molar refractivity (Wildman–Crippen MR) is 95.4 cm³/mol. The lowest BCUT2D eigenvalue weighted by molar-refractivity contribution is -0.130. The lowest BCUT2D eigenvalue weighted by Crippen LogP contribution is -2.40. The first kappa shape index (κ1) is 18.5. The highest BCUT2D eigenvalue weighted by Crippen LogP contribution is 2.12. The van der Waals surface area contributed by atoms with Crippen LogP contribution < -0.4 is 5.32 Å². The second kappa shape index (κ2) is 8.83. The SMILES string of the molecule is CC(=O)N(CCC(=O)N[C@H]1CCN(C(C)C)C1)Cc1ccccc1. The minimum absolute atomic E-state index is 0.00139. The van der Waals surface area contributed by atoms with Crippen molar-refractivity contribution in [3.63, 3.8) is 0 Å². The maximum Gasteiger partial charge on any atom is 0.222 e. The average molecular weight is 331 g/mol. The molecule has 1 aliphatic heterocycles. The van der Waals surface area contributed by atoms with Crippen molar-refractivity contribution in [1.29, 1.82) is 0 Å². The molecule has 1 aromatic rings. The van der Waals surface area contributed by atoms with Crippen LogP contribution in [-0.4, -0.2) is 53.3 Å². The highest BCUT2D eigenvalue weighted by atomic mass is 16.2. The Morgan fingerprint density at radius 1 is 1.29 bits per heavy atom.